The van der Waals surface area contributed by atoms with Crippen LogP contribution >= 0.6 is 0 Å². The Morgan fingerprint density at radius 3 is 1.17 bits per heavy atom. The van der Waals surface area contributed by atoms with Crippen LogP contribution in [0.5, 0.6) is 0 Å². The van der Waals surface area contributed by atoms with Crippen molar-refractivity contribution in [2.75, 3.05) is 9.80 Å². The number of hydrogen-bond acceptors (Lipinski definition) is 2. The van der Waals surface area contributed by atoms with E-state index in [-0.39, 0.29) is 6.71 Å². The van der Waals surface area contributed by atoms with Crippen molar-refractivity contribution in [3.05, 3.63) is 283 Å². The maximum atomic E-state index is 2.57. The van der Waals surface area contributed by atoms with E-state index in [0.29, 0.717) is 0 Å². The summed E-state index contributed by atoms with van der Waals surface area (Å²) >= 11 is 0. The number of hydrogen-bond donors (Lipinski definition) is 0. The van der Waals surface area contributed by atoms with E-state index in [9.17, 15) is 0 Å². The number of rotatable bonds is 5. The Morgan fingerprint density at radius 2 is 0.657 bits per heavy atom. The van der Waals surface area contributed by atoms with Crippen molar-refractivity contribution in [3.63, 3.8) is 0 Å². The van der Waals surface area contributed by atoms with Crippen LogP contribution < -0.4 is 26.2 Å². The summed E-state index contributed by atoms with van der Waals surface area (Å²) in [6.07, 6.45) is 0. The number of fused-ring (bicyclic) bond motifs is 14. The quantitative estimate of drug-likeness (QED) is 0.159. The normalized spacial score (nSPS) is 13.7. The van der Waals surface area contributed by atoms with E-state index in [1.807, 2.05) is 0 Å². The third kappa shape index (κ3) is 5.46. The zero-order chi connectivity index (χ0) is 45.9. The number of nitrogens with zero attached hydrogens (tertiary/aromatic N) is 2. The topological polar surface area (TPSA) is 6.48 Å². The molecule has 324 valence electrons. The van der Waals surface area contributed by atoms with Crippen LogP contribution in [0, 0.1) is 0 Å². The second-order valence-corrected chi connectivity index (χ2v) is 19.1. The molecular formula is C67H43BN2. The molecule has 0 fully saturated rings. The molecule has 0 amide bonds. The molecule has 0 bridgehead atoms. The lowest BCUT2D eigenvalue weighted by molar-refractivity contribution is 0.794. The molecule has 70 heavy (non-hydrogen) atoms. The summed E-state index contributed by atoms with van der Waals surface area (Å²) in [5.41, 5.74) is 28.4. The Labute approximate surface area is 409 Å². The van der Waals surface area contributed by atoms with Gasteiger partial charge in [0, 0.05) is 34.1 Å². The molecule has 2 nitrogen and oxygen atoms in total. The van der Waals surface area contributed by atoms with Gasteiger partial charge in [-0.3, -0.25) is 0 Å². The largest absolute Gasteiger partial charge is 0.311 e. The maximum Gasteiger partial charge on any atom is 0.252 e. The van der Waals surface area contributed by atoms with Crippen LogP contribution in [0.2, 0.25) is 0 Å². The molecule has 4 aliphatic rings. The van der Waals surface area contributed by atoms with Crippen LogP contribution in [0.4, 0.5) is 34.1 Å². The van der Waals surface area contributed by atoms with Crippen LogP contribution in [0.3, 0.4) is 0 Å². The Hall–Kier alpha value is -8.92. The van der Waals surface area contributed by atoms with Gasteiger partial charge in [-0.15, -0.1) is 0 Å². The van der Waals surface area contributed by atoms with Crippen LogP contribution in [0.25, 0.3) is 55.6 Å². The molecule has 11 aromatic rings. The van der Waals surface area contributed by atoms with Crippen molar-refractivity contribution in [2.45, 2.75) is 5.41 Å². The SMILES string of the molecule is c1ccc(-c2cccc(N3c4cc(-c5ccccc5)ccc4B4c5ccc(-c6ccccc6)cc5N(c5ccc6c(c5)-c5ccccc5C65c6ccccc6-c6ccccc65)c5cccc3c54)c2)cc1. The zero-order valence-corrected chi connectivity index (χ0v) is 38.3. The Kier molecular flexibility index (Phi) is 8.41. The van der Waals surface area contributed by atoms with Crippen LogP contribution in [-0.2, 0) is 5.41 Å². The first-order valence-electron chi connectivity index (χ1n) is 24.5. The summed E-state index contributed by atoms with van der Waals surface area (Å²) in [7, 11) is 0. The summed E-state index contributed by atoms with van der Waals surface area (Å²) in [6, 6.07) is 97.5. The summed E-state index contributed by atoms with van der Waals surface area (Å²) in [4.78, 5) is 5.10. The highest BCUT2D eigenvalue weighted by atomic mass is 15.2. The summed E-state index contributed by atoms with van der Waals surface area (Å²) in [5, 5.41) is 0. The van der Waals surface area contributed by atoms with E-state index in [2.05, 4.69) is 271 Å². The molecular weight excluding hydrogens is 844 g/mol. The number of benzene rings is 11. The van der Waals surface area contributed by atoms with Crippen LogP contribution in [0.1, 0.15) is 22.3 Å². The molecule has 2 aliphatic heterocycles. The highest BCUT2D eigenvalue weighted by Gasteiger charge is 2.52. The van der Waals surface area contributed by atoms with E-state index in [0.717, 1.165) is 11.4 Å². The van der Waals surface area contributed by atoms with Crippen molar-refractivity contribution in [1.82, 2.24) is 0 Å². The molecule has 0 N–H and O–H groups in total. The van der Waals surface area contributed by atoms with Gasteiger partial charge in [-0.05, 0) is 143 Å². The fourth-order valence-electron chi connectivity index (χ4n) is 12.8. The highest BCUT2D eigenvalue weighted by Crippen LogP contribution is 2.63. The lowest BCUT2D eigenvalue weighted by atomic mass is 9.33. The van der Waals surface area contributed by atoms with Gasteiger partial charge >= 0.3 is 0 Å². The molecule has 0 radical (unpaired) electrons. The lowest BCUT2D eigenvalue weighted by Crippen LogP contribution is -2.61. The highest BCUT2D eigenvalue weighted by molar-refractivity contribution is 7.00. The average molecular weight is 887 g/mol. The van der Waals surface area contributed by atoms with Crippen LogP contribution in [-0.4, -0.2) is 6.71 Å². The van der Waals surface area contributed by atoms with Gasteiger partial charge in [0.2, 0.25) is 0 Å². The van der Waals surface area contributed by atoms with Gasteiger partial charge in [-0.1, -0.05) is 212 Å². The molecule has 2 aliphatic carbocycles. The number of anilines is 6. The predicted molar refractivity (Wildman–Crippen MR) is 293 cm³/mol. The molecule has 15 rings (SSSR count). The van der Waals surface area contributed by atoms with Crippen molar-refractivity contribution in [3.8, 4) is 55.6 Å². The van der Waals surface area contributed by atoms with Gasteiger partial charge in [0.1, 0.15) is 0 Å². The minimum atomic E-state index is -0.411. The van der Waals surface area contributed by atoms with Crippen molar-refractivity contribution < 1.29 is 0 Å². The Morgan fingerprint density at radius 1 is 0.257 bits per heavy atom. The standard InChI is InChI=1S/C67H43BN2/c1-4-18-44(19-5-1)47-24-16-25-50(40-47)69-62-32-17-33-63-66(62)68(60-38-34-48(41-64(60)69)45-20-6-2-7-21-45)61-39-35-49(46-22-8-3-9-23-46)42-65(61)70(63)51-36-37-59-55(43-51)54-28-12-15-31-58(54)67(59)56-29-13-10-26-52(56)53-27-11-14-30-57(53)67/h1-43H. The first kappa shape index (κ1) is 39.1. The maximum absolute atomic E-state index is 2.57. The molecule has 0 saturated heterocycles. The monoisotopic (exact) mass is 886 g/mol. The Bertz CT molecular complexity index is 3870. The predicted octanol–water partition coefficient (Wildman–Crippen LogP) is 15.1. The van der Waals surface area contributed by atoms with E-state index < -0.39 is 5.41 Å². The fraction of sp³-hybridized carbons (Fsp3) is 0.0149. The van der Waals surface area contributed by atoms with E-state index in [1.54, 1.807) is 0 Å². The second kappa shape index (κ2) is 15.0. The van der Waals surface area contributed by atoms with Gasteiger partial charge in [0.25, 0.3) is 6.71 Å². The first-order chi connectivity index (χ1) is 34.7. The third-order valence-electron chi connectivity index (χ3n) is 15.7. The lowest BCUT2D eigenvalue weighted by Gasteiger charge is -2.44. The average Bonchev–Trinajstić information content (AvgIpc) is 3.90. The van der Waals surface area contributed by atoms with E-state index >= 15 is 0 Å². The molecule has 1 spiro atoms. The van der Waals surface area contributed by atoms with E-state index in [4.69, 9.17) is 0 Å². The van der Waals surface area contributed by atoms with Crippen molar-refractivity contribution >= 4 is 57.2 Å². The van der Waals surface area contributed by atoms with Gasteiger partial charge in [-0.25, -0.2) is 0 Å². The van der Waals surface area contributed by atoms with Crippen molar-refractivity contribution in [2.24, 2.45) is 0 Å². The fourth-order valence-corrected chi connectivity index (χ4v) is 12.8. The zero-order valence-electron chi connectivity index (χ0n) is 38.3. The second-order valence-electron chi connectivity index (χ2n) is 19.1. The van der Waals surface area contributed by atoms with E-state index in [1.165, 1.54) is 117 Å². The molecule has 0 atom stereocenters. The van der Waals surface area contributed by atoms with Gasteiger partial charge in [0.15, 0.2) is 0 Å². The van der Waals surface area contributed by atoms with Gasteiger partial charge < -0.3 is 9.80 Å². The summed E-state index contributed by atoms with van der Waals surface area (Å²) in [6.45, 7) is -0.0134. The summed E-state index contributed by atoms with van der Waals surface area (Å²) < 4.78 is 0. The van der Waals surface area contributed by atoms with Crippen LogP contribution in [0.15, 0.2) is 261 Å². The van der Waals surface area contributed by atoms with Gasteiger partial charge in [-0.2, -0.15) is 0 Å². The molecule has 2 heterocycles. The minimum absolute atomic E-state index is 0.0134. The van der Waals surface area contributed by atoms with Crippen molar-refractivity contribution in [1.29, 1.82) is 0 Å². The molecule has 0 aromatic heterocycles. The molecule has 0 saturated carbocycles. The smallest absolute Gasteiger partial charge is 0.252 e. The first-order valence-corrected chi connectivity index (χ1v) is 24.5. The van der Waals surface area contributed by atoms with Gasteiger partial charge in [0.05, 0.1) is 5.41 Å². The molecule has 3 heteroatoms. The summed E-state index contributed by atoms with van der Waals surface area (Å²) in [5.74, 6) is 0. The Balaban J connectivity index is 0.988. The minimum Gasteiger partial charge on any atom is -0.311 e. The third-order valence-corrected chi connectivity index (χ3v) is 15.7. The molecule has 0 unspecified atom stereocenters. The molecule has 11 aromatic carbocycles.